The minimum Gasteiger partial charge on any atom is -0.481 e. The van der Waals surface area contributed by atoms with Crippen LogP contribution in [0.25, 0.3) is 0 Å². The standard InChI is InChI=1S/C23H45NO5/c1-2-3-4-5-6-7-8-14-21-29-23(28)16-11-13-18-24(19-20-25)17-12-9-10-15-22(26)27/h25H,2-21H2,1H3,(H,26,27). The summed E-state index contributed by atoms with van der Waals surface area (Å²) in [6.45, 7) is 5.24. The minimum absolute atomic E-state index is 0.102. The summed E-state index contributed by atoms with van der Waals surface area (Å²) >= 11 is 0. The molecule has 0 saturated carbocycles. The molecule has 0 spiro atoms. The summed E-state index contributed by atoms with van der Waals surface area (Å²) in [5.74, 6) is -0.846. The summed E-state index contributed by atoms with van der Waals surface area (Å²) in [6.07, 6.45) is 14.8. The van der Waals surface area contributed by atoms with Crippen molar-refractivity contribution >= 4 is 11.9 Å². The molecule has 0 aliphatic heterocycles. The Labute approximate surface area is 178 Å². The van der Waals surface area contributed by atoms with Crippen molar-refractivity contribution in [3.05, 3.63) is 0 Å². The van der Waals surface area contributed by atoms with E-state index in [0.29, 0.717) is 26.0 Å². The number of hydrogen-bond acceptors (Lipinski definition) is 5. The zero-order chi connectivity index (χ0) is 21.6. The Morgan fingerprint density at radius 2 is 1.28 bits per heavy atom. The van der Waals surface area contributed by atoms with Crippen LogP contribution in [0, 0.1) is 0 Å². The van der Waals surface area contributed by atoms with Gasteiger partial charge >= 0.3 is 11.9 Å². The van der Waals surface area contributed by atoms with E-state index in [4.69, 9.17) is 9.84 Å². The number of carboxylic acids is 1. The van der Waals surface area contributed by atoms with Crippen LogP contribution in [0.5, 0.6) is 0 Å². The molecule has 0 amide bonds. The van der Waals surface area contributed by atoms with Gasteiger partial charge in [-0.25, -0.2) is 0 Å². The fourth-order valence-corrected chi connectivity index (χ4v) is 3.36. The van der Waals surface area contributed by atoms with Crippen molar-refractivity contribution in [2.45, 2.75) is 103 Å². The van der Waals surface area contributed by atoms with Crippen molar-refractivity contribution in [2.24, 2.45) is 0 Å². The molecule has 0 aromatic heterocycles. The lowest BCUT2D eigenvalue weighted by Gasteiger charge is -2.21. The van der Waals surface area contributed by atoms with Crippen LogP contribution in [0.1, 0.15) is 103 Å². The molecule has 6 heteroatoms. The Morgan fingerprint density at radius 3 is 1.90 bits per heavy atom. The van der Waals surface area contributed by atoms with E-state index in [2.05, 4.69) is 11.8 Å². The van der Waals surface area contributed by atoms with Gasteiger partial charge in [0.15, 0.2) is 0 Å². The van der Waals surface area contributed by atoms with Crippen LogP contribution in [0.3, 0.4) is 0 Å². The van der Waals surface area contributed by atoms with Gasteiger partial charge in [0, 0.05) is 19.4 Å². The molecule has 0 bridgehead atoms. The summed E-state index contributed by atoms with van der Waals surface area (Å²) in [4.78, 5) is 24.5. The largest absolute Gasteiger partial charge is 0.481 e. The Balaban J connectivity index is 3.56. The van der Waals surface area contributed by atoms with E-state index < -0.39 is 5.97 Å². The van der Waals surface area contributed by atoms with Gasteiger partial charge < -0.3 is 19.8 Å². The van der Waals surface area contributed by atoms with Crippen LogP contribution in [-0.4, -0.2) is 59.9 Å². The first-order valence-corrected chi connectivity index (χ1v) is 11.8. The summed E-state index contributed by atoms with van der Waals surface area (Å²) in [5.41, 5.74) is 0. The lowest BCUT2D eigenvalue weighted by atomic mass is 10.1. The highest BCUT2D eigenvalue weighted by atomic mass is 16.5. The van der Waals surface area contributed by atoms with E-state index in [1.54, 1.807) is 0 Å². The highest BCUT2D eigenvalue weighted by Gasteiger charge is 2.07. The molecule has 172 valence electrons. The first-order valence-electron chi connectivity index (χ1n) is 11.8. The second-order valence-electron chi connectivity index (χ2n) is 7.92. The zero-order valence-electron chi connectivity index (χ0n) is 18.7. The number of carbonyl (C=O) groups excluding carboxylic acids is 1. The maximum Gasteiger partial charge on any atom is 0.305 e. The molecule has 0 saturated heterocycles. The Morgan fingerprint density at radius 1 is 0.724 bits per heavy atom. The van der Waals surface area contributed by atoms with Crippen LogP contribution < -0.4 is 0 Å². The number of unbranched alkanes of at least 4 members (excludes halogenated alkanes) is 10. The number of carbonyl (C=O) groups is 2. The van der Waals surface area contributed by atoms with E-state index in [0.717, 1.165) is 51.6 Å². The molecular weight excluding hydrogens is 370 g/mol. The molecule has 29 heavy (non-hydrogen) atoms. The SMILES string of the molecule is CCCCCCCCCCOC(=O)CCCCN(CCO)CCCCCC(=O)O. The number of ether oxygens (including phenoxy) is 1. The number of aliphatic hydroxyl groups excluding tert-OH is 1. The van der Waals surface area contributed by atoms with E-state index in [-0.39, 0.29) is 19.0 Å². The third kappa shape index (κ3) is 21.4. The lowest BCUT2D eigenvalue weighted by molar-refractivity contribution is -0.144. The van der Waals surface area contributed by atoms with Crippen molar-refractivity contribution in [1.82, 2.24) is 4.90 Å². The molecule has 0 unspecified atom stereocenters. The predicted octanol–water partition coefficient (Wildman–Crippen LogP) is 4.78. The number of esters is 1. The average Bonchev–Trinajstić information content (AvgIpc) is 2.69. The van der Waals surface area contributed by atoms with Crippen molar-refractivity contribution in [1.29, 1.82) is 0 Å². The molecule has 0 rings (SSSR count). The van der Waals surface area contributed by atoms with Crippen LogP contribution in [0.2, 0.25) is 0 Å². The summed E-state index contributed by atoms with van der Waals surface area (Å²) in [6, 6.07) is 0. The highest BCUT2D eigenvalue weighted by Crippen LogP contribution is 2.09. The monoisotopic (exact) mass is 415 g/mol. The van der Waals surface area contributed by atoms with Crippen LogP contribution in [0.4, 0.5) is 0 Å². The second-order valence-corrected chi connectivity index (χ2v) is 7.92. The van der Waals surface area contributed by atoms with Gasteiger partial charge in [-0.2, -0.15) is 0 Å². The number of nitrogens with zero attached hydrogens (tertiary/aromatic N) is 1. The Kier molecular flexibility index (Phi) is 20.7. The van der Waals surface area contributed by atoms with Crippen molar-refractivity contribution < 1.29 is 24.5 Å². The predicted molar refractivity (Wildman–Crippen MR) is 117 cm³/mol. The maximum absolute atomic E-state index is 11.8. The van der Waals surface area contributed by atoms with Crippen molar-refractivity contribution in [3.8, 4) is 0 Å². The van der Waals surface area contributed by atoms with Gasteiger partial charge in [0.2, 0.25) is 0 Å². The fourth-order valence-electron chi connectivity index (χ4n) is 3.36. The van der Waals surface area contributed by atoms with E-state index in [9.17, 15) is 14.7 Å². The van der Waals surface area contributed by atoms with E-state index in [1.165, 1.54) is 38.5 Å². The molecule has 0 aromatic rings. The van der Waals surface area contributed by atoms with Crippen LogP contribution in [-0.2, 0) is 14.3 Å². The summed E-state index contributed by atoms with van der Waals surface area (Å²) < 4.78 is 5.31. The third-order valence-electron chi connectivity index (χ3n) is 5.15. The zero-order valence-corrected chi connectivity index (χ0v) is 18.7. The second kappa shape index (κ2) is 21.6. The average molecular weight is 416 g/mol. The van der Waals surface area contributed by atoms with Crippen molar-refractivity contribution in [2.75, 3.05) is 32.8 Å². The number of hydrogen-bond donors (Lipinski definition) is 2. The normalized spacial score (nSPS) is 11.1. The van der Waals surface area contributed by atoms with Gasteiger partial charge in [0.05, 0.1) is 13.2 Å². The van der Waals surface area contributed by atoms with Gasteiger partial charge in [-0.05, 0) is 45.2 Å². The van der Waals surface area contributed by atoms with Gasteiger partial charge in [-0.1, -0.05) is 58.3 Å². The molecular formula is C23H45NO5. The summed E-state index contributed by atoms with van der Waals surface area (Å²) in [5, 5.41) is 17.8. The van der Waals surface area contributed by atoms with Crippen molar-refractivity contribution in [3.63, 3.8) is 0 Å². The van der Waals surface area contributed by atoms with Gasteiger partial charge in [0.25, 0.3) is 0 Å². The maximum atomic E-state index is 11.8. The molecule has 0 fully saturated rings. The highest BCUT2D eigenvalue weighted by molar-refractivity contribution is 5.69. The first kappa shape index (κ1) is 27.9. The van der Waals surface area contributed by atoms with Crippen LogP contribution in [0.15, 0.2) is 0 Å². The molecule has 6 nitrogen and oxygen atoms in total. The van der Waals surface area contributed by atoms with Gasteiger partial charge in [-0.15, -0.1) is 0 Å². The molecule has 0 heterocycles. The molecule has 0 aliphatic carbocycles. The van der Waals surface area contributed by atoms with Gasteiger partial charge in [-0.3, -0.25) is 9.59 Å². The molecule has 0 aromatic carbocycles. The summed E-state index contributed by atoms with van der Waals surface area (Å²) in [7, 11) is 0. The quantitative estimate of drug-likeness (QED) is 0.195. The molecule has 0 aliphatic rings. The number of carboxylic acid groups (broad SMARTS) is 1. The molecule has 2 N–H and O–H groups in total. The Bertz CT molecular complexity index is 389. The third-order valence-corrected chi connectivity index (χ3v) is 5.15. The topological polar surface area (TPSA) is 87.1 Å². The molecule has 0 radical (unpaired) electrons. The first-order chi connectivity index (χ1) is 14.1. The Hall–Kier alpha value is -1.14. The fraction of sp³-hybridized carbons (Fsp3) is 0.913. The van der Waals surface area contributed by atoms with Gasteiger partial charge in [0.1, 0.15) is 0 Å². The van der Waals surface area contributed by atoms with E-state index in [1.807, 2.05) is 0 Å². The number of rotatable bonds is 22. The number of aliphatic hydroxyl groups is 1. The molecule has 0 atom stereocenters. The minimum atomic E-state index is -0.744. The smallest absolute Gasteiger partial charge is 0.305 e. The van der Waals surface area contributed by atoms with Crippen LogP contribution >= 0.6 is 0 Å². The number of aliphatic carboxylic acids is 1. The van der Waals surface area contributed by atoms with E-state index >= 15 is 0 Å². The lowest BCUT2D eigenvalue weighted by Crippen LogP contribution is -2.29.